The number of thiazole rings is 1. The molecule has 1 aliphatic rings. The van der Waals surface area contributed by atoms with E-state index in [1.807, 2.05) is 42.1 Å². The minimum absolute atomic E-state index is 0.238. The van der Waals surface area contributed by atoms with E-state index in [1.165, 1.54) is 11.3 Å². The highest BCUT2D eigenvalue weighted by molar-refractivity contribution is 7.16. The summed E-state index contributed by atoms with van der Waals surface area (Å²) in [5.41, 5.74) is 2.26. The highest BCUT2D eigenvalue weighted by Gasteiger charge is 2.19. The summed E-state index contributed by atoms with van der Waals surface area (Å²) < 4.78 is 7.09. The van der Waals surface area contributed by atoms with Crippen molar-refractivity contribution in [1.82, 2.24) is 20.1 Å². The molecular formula is C20H23N5O2S. The Bertz CT molecular complexity index is 957. The number of anilines is 1. The topological polar surface area (TPSA) is 81.1 Å². The normalized spacial score (nSPS) is 16.7. The lowest BCUT2D eigenvalue weighted by Crippen LogP contribution is -2.32. The van der Waals surface area contributed by atoms with Crippen molar-refractivity contribution >= 4 is 22.4 Å². The van der Waals surface area contributed by atoms with E-state index in [2.05, 4.69) is 20.7 Å². The van der Waals surface area contributed by atoms with Gasteiger partial charge in [0.15, 0.2) is 10.8 Å². The van der Waals surface area contributed by atoms with Crippen LogP contribution in [0.5, 0.6) is 5.75 Å². The summed E-state index contributed by atoms with van der Waals surface area (Å²) in [6, 6.07) is 9.80. The van der Waals surface area contributed by atoms with E-state index in [9.17, 15) is 4.79 Å². The second-order valence-corrected chi connectivity index (χ2v) is 7.99. The fourth-order valence-electron chi connectivity index (χ4n) is 3.35. The first-order valence-electron chi connectivity index (χ1n) is 9.33. The molecule has 28 heavy (non-hydrogen) atoms. The molecule has 146 valence electrons. The number of carbonyl (C=O) groups excluding carboxylic acids is 1. The van der Waals surface area contributed by atoms with Gasteiger partial charge in [0, 0.05) is 23.2 Å². The third kappa shape index (κ3) is 3.93. The number of rotatable bonds is 5. The number of ether oxygens (including phenoxy) is 1. The van der Waals surface area contributed by atoms with Crippen LogP contribution < -0.4 is 15.4 Å². The lowest BCUT2D eigenvalue weighted by molar-refractivity contribution is 0.102. The van der Waals surface area contributed by atoms with Crippen molar-refractivity contribution in [3.8, 4) is 17.0 Å². The maximum atomic E-state index is 12.6. The van der Waals surface area contributed by atoms with Crippen molar-refractivity contribution < 1.29 is 9.53 Å². The van der Waals surface area contributed by atoms with Crippen LogP contribution in [-0.2, 0) is 0 Å². The average Bonchev–Trinajstić information content (AvgIpc) is 3.36. The van der Waals surface area contributed by atoms with E-state index in [0.717, 1.165) is 47.8 Å². The molecule has 0 bridgehead atoms. The molecule has 1 atom stereocenters. The van der Waals surface area contributed by atoms with Crippen LogP contribution in [0.15, 0.2) is 36.5 Å². The fourth-order valence-corrected chi connectivity index (χ4v) is 4.18. The Balaban J connectivity index is 1.47. The minimum atomic E-state index is -0.238. The van der Waals surface area contributed by atoms with Gasteiger partial charge in [0.05, 0.1) is 18.8 Å². The summed E-state index contributed by atoms with van der Waals surface area (Å²) in [4.78, 5) is 18.2. The lowest BCUT2D eigenvalue weighted by atomic mass is 10.1. The Hall–Kier alpha value is -2.71. The molecule has 1 saturated heterocycles. The van der Waals surface area contributed by atoms with E-state index < -0.39 is 0 Å². The SMILES string of the molecule is COc1ccc(-c2nc(NC(=O)c3ccn(C4CCCNC4)n3)sc2C)cc1. The number of nitrogens with one attached hydrogen (secondary N) is 2. The van der Waals surface area contributed by atoms with Crippen molar-refractivity contribution in [1.29, 1.82) is 0 Å². The van der Waals surface area contributed by atoms with Crippen LogP contribution in [0.4, 0.5) is 5.13 Å². The Morgan fingerprint density at radius 1 is 1.32 bits per heavy atom. The summed E-state index contributed by atoms with van der Waals surface area (Å²) >= 11 is 1.46. The van der Waals surface area contributed by atoms with E-state index in [0.29, 0.717) is 16.9 Å². The zero-order valence-corrected chi connectivity index (χ0v) is 16.8. The van der Waals surface area contributed by atoms with Crippen LogP contribution in [-0.4, -0.2) is 40.9 Å². The van der Waals surface area contributed by atoms with Gasteiger partial charge in [-0.3, -0.25) is 14.8 Å². The number of piperidine rings is 1. The number of aryl methyl sites for hydroxylation is 1. The van der Waals surface area contributed by atoms with Crippen LogP contribution in [0.2, 0.25) is 0 Å². The molecule has 1 fully saturated rings. The van der Waals surface area contributed by atoms with Gasteiger partial charge in [-0.15, -0.1) is 11.3 Å². The number of carbonyl (C=O) groups is 1. The molecular weight excluding hydrogens is 374 g/mol. The summed E-state index contributed by atoms with van der Waals surface area (Å²) in [5, 5.41) is 11.3. The van der Waals surface area contributed by atoms with Gasteiger partial charge in [-0.2, -0.15) is 5.10 Å². The van der Waals surface area contributed by atoms with Crippen molar-refractivity contribution in [2.24, 2.45) is 0 Å². The standard InChI is InChI=1S/C20H23N5O2S/c1-13-18(14-5-7-16(27-2)8-6-14)22-20(28-13)23-19(26)17-9-11-25(24-17)15-4-3-10-21-12-15/h5-9,11,15,21H,3-4,10,12H2,1-2H3,(H,22,23,26). The quantitative estimate of drug-likeness (QED) is 0.689. The van der Waals surface area contributed by atoms with Gasteiger partial charge >= 0.3 is 0 Å². The van der Waals surface area contributed by atoms with Crippen molar-refractivity contribution in [2.45, 2.75) is 25.8 Å². The number of aromatic nitrogens is 3. The third-order valence-electron chi connectivity index (χ3n) is 4.87. The first-order chi connectivity index (χ1) is 13.6. The van der Waals surface area contributed by atoms with Crippen LogP contribution in [0, 0.1) is 6.92 Å². The summed E-state index contributed by atoms with van der Waals surface area (Å²) in [6.07, 6.45) is 4.08. The van der Waals surface area contributed by atoms with Crippen molar-refractivity contribution in [3.05, 3.63) is 47.1 Å². The Morgan fingerprint density at radius 2 is 2.14 bits per heavy atom. The van der Waals surface area contributed by atoms with Gasteiger partial charge in [0.1, 0.15) is 5.75 Å². The smallest absolute Gasteiger partial charge is 0.277 e. The van der Waals surface area contributed by atoms with E-state index in [4.69, 9.17) is 4.74 Å². The molecule has 2 N–H and O–H groups in total. The molecule has 3 heterocycles. The summed E-state index contributed by atoms with van der Waals surface area (Å²) in [6.45, 7) is 3.93. The van der Waals surface area contributed by atoms with Crippen LogP contribution in [0.25, 0.3) is 11.3 Å². The zero-order chi connectivity index (χ0) is 19.5. The first kappa shape index (κ1) is 18.6. The first-order valence-corrected chi connectivity index (χ1v) is 10.1. The molecule has 3 aromatic rings. The maximum absolute atomic E-state index is 12.6. The van der Waals surface area contributed by atoms with Gasteiger partial charge in [0.25, 0.3) is 5.91 Å². The number of benzene rings is 1. The molecule has 1 aromatic carbocycles. The van der Waals surface area contributed by atoms with Gasteiger partial charge in [-0.1, -0.05) is 0 Å². The second kappa shape index (κ2) is 8.12. The summed E-state index contributed by atoms with van der Waals surface area (Å²) in [7, 11) is 1.64. The highest BCUT2D eigenvalue weighted by Crippen LogP contribution is 2.31. The van der Waals surface area contributed by atoms with Gasteiger partial charge < -0.3 is 10.1 Å². The fraction of sp³-hybridized carbons (Fsp3) is 0.350. The number of hydrogen-bond donors (Lipinski definition) is 2. The lowest BCUT2D eigenvalue weighted by Gasteiger charge is -2.22. The molecule has 1 amide bonds. The predicted molar refractivity (Wildman–Crippen MR) is 110 cm³/mol. The molecule has 0 radical (unpaired) electrons. The molecule has 8 heteroatoms. The van der Waals surface area contributed by atoms with E-state index >= 15 is 0 Å². The Morgan fingerprint density at radius 3 is 2.86 bits per heavy atom. The largest absolute Gasteiger partial charge is 0.497 e. The minimum Gasteiger partial charge on any atom is -0.497 e. The van der Waals surface area contributed by atoms with Crippen LogP contribution in [0.1, 0.15) is 34.2 Å². The van der Waals surface area contributed by atoms with Gasteiger partial charge in [0.2, 0.25) is 0 Å². The summed E-state index contributed by atoms with van der Waals surface area (Å²) in [5.74, 6) is 0.562. The molecule has 0 saturated carbocycles. The molecule has 0 spiro atoms. The number of amides is 1. The zero-order valence-electron chi connectivity index (χ0n) is 15.9. The number of nitrogens with zero attached hydrogens (tertiary/aromatic N) is 3. The second-order valence-electron chi connectivity index (χ2n) is 6.79. The van der Waals surface area contributed by atoms with Crippen molar-refractivity contribution in [3.63, 3.8) is 0 Å². The van der Waals surface area contributed by atoms with Crippen LogP contribution >= 0.6 is 11.3 Å². The monoisotopic (exact) mass is 397 g/mol. The van der Waals surface area contributed by atoms with E-state index in [-0.39, 0.29) is 5.91 Å². The predicted octanol–water partition coefficient (Wildman–Crippen LogP) is 3.50. The van der Waals surface area contributed by atoms with Crippen LogP contribution in [0.3, 0.4) is 0 Å². The Kier molecular flexibility index (Phi) is 5.40. The molecule has 1 aliphatic heterocycles. The van der Waals surface area contributed by atoms with Gasteiger partial charge in [-0.25, -0.2) is 4.98 Å². The highest BCUT2D eigenvalue weighted by atomic mass is 32.1. The number of hydrogen-bond acceptors (Lipinski definition) is 6. The van der Waals surface area contributed by atoms with E-state index in [1.54, 1.807) is 13.2 Å². The maximum Gasteiger partial charge on any atom is 0.277 e. The van der Waals surface area contributed by atoms with Gasteiger partial charge in [-0.05, 0) is 56.6 Å². The molecule has 0 aliphatic carbocycles. The molecule has 4 rings (SSSR count). The average molecular weight is 398 g/mol. The molecule has 1 unspecified atom stereocenters. The van der Waals surface area contributed by atoms with Crippen molar-refractivity contribution in [2.75, 3.05) is 25.5 Å². The Labute approximate surface area is 167 Å². The molecule has 2 aromatic heterocycles. The molecule has 7 nitrogen and oxygen atoms in total. The third-order valence-corrected chi connectivity index (χ3v) is 5.75. The number of methoxy groups -OCH3 is 1.